The van der Waals surface area contributed by atoms with Crippen LogP contribution in [0.2, 0.25) is 0 Å². The quantitative estimate of drug-likeness (QED) is 0.209. The van der Waals surface area contributed by atoms with Gasteiger partial charge in [0.05, 0.1) is 13.7 Å². The van der Waals surface area contributed by atoms with E-state index in [0.717, 1.165) is 45.0 Å². The zero-order valence-electron chi connectivity index (χ0n) is 19.9. The fourth-order valence-corrected chi connectivity index (χ4v) is 4.41. The van der Waals surface area contributed by atoms with Gasteiger partial charge in [0.15, 0.2) is 22.5 Å². The van der Waals surface area contributed by atoms with E-state index in [4.69, 9.17) is 14.2 Å². The van der Waals surface area contributed by atoms with Crippen LogP contribution in [0.5, 0.6) is 17.2 Å². The number of nitrogens with zero attached hydrogens (tertiary/aromatic N) is 3. The Kier molecular flexibility index (Phi) is 7.75. The van der Waals surface area contributed by atoms with Gasteiger partial charge in [-0.05, 0) is 56.2 Å². The molecule has 1 heterocycles. The fraction of sp³-hybridized carbons (Fsp3) is 0.259. The van der Waals surface area contributed by atoms with Crippen LogP contribution in [0.3, 0.4) is 0 Å². The van der Waals surface area contributed by atoms with Gasteiger partial charge in [-0.15, -0.1) is 10.2 Å². The minimum atomic E-state index is 0.324. The van der Waals surface area contributed by atoms with Crippen LogP contribution in [0.1, 0.15) is 22.5 Å². The molecule has 0 N–H and O–H groups in total. The highest BCUT2D eigenvalue weighted by Crippen LogP contribution is 2.28. The van der Waals surface area contributed by atoms with Crippen LogP contribution in [0.4, 0.5) is 0 Å². The summed E-state index contributed by atoms with van der Waals surface area (Å²) in [5.74, 6) is 3.80. The zero-order chi connectivity index (χ0) is 23.9. The number of benzene rings is 3. The summed E-state index contributed by atoms with van der Waals surface area (Å²) in [4.78, 5) is 0. The minimum absolute atomic E-state index is 0.324. The molecule has 0 fully saturated rings. The van der Waals surface area contributed by atoms with Gasteiger partial charge in [0.1, 0.15) is 12.4 Å². The third-order valence-electron chi connectivity index (χ3n) is 5.39. The molecule has 34 heavy (non-hydrogen) atoms. The molecule has 6 nitrogen and oxygen atoms in total. The molecule has 4 rings (SSSR count). The number of thioether (sulfide) groups is 1. The molecule has 4 aromatic rings. The SMILES string of the molecule is COc1ccccc1OCCSc1nnc(COc2c(C)cccc2C)n1-c1ccc(C)cc1. The van der Waals surface area contributed by atoms with E-state index in [1.807, 2.05) is 30.3 Å². The lowest BCUT2D eigenvalue weighted by Gasteiger charge is -2.14. The molecule has 0 aliphatic carbocycles. The Morgan fingerprint density at radius 1 is 0.794 bits per heavy atom. The highest BCUT2D eigenvalue weighted by Gasteiger charge is 2.16. The van der Waals surface area contributed by atoms with Crippen LogP contribution >= 0.6 is 11.8 Å². The van der Waals surface area contributed by atoms with E-state index in [1.54, 1.807) is 18.9 Å². The summed E-state index contributed by atoms with van der Waals surface area (Å²) in [7, 11) is 1.64. The summed E-state index contributed by atoms with van der Waals surface area (Å²) in [6, 6.07) is 22.1. The molecular formula is C27H29N3O3S. The van der Waals surface area contributed by atoms with Gasteiger partial charge in [-0.2, -0.15) is 0 Å². The smallest absolute Gasteiger partial charge is 0.196 e. The van der Waals surface area contributed by atoms with Gasteiger partial charge in [0, 0.05) is 11.4 Å². The summed E-state index contributed by atoms with van der Waals surface area (Å²) in [5, 5.41) is 9.72. The molecule has 0 unspecified atom stereocenters. The molecule has 0 aliphatic rings. The van der Waals surface area contributed by atoms with Gasteiger partial charge in [-0.1, -0.05) is 59.8 Å². The Bertz CT molecular complexity index is 1220. The van der Waals surface area contributed by atoms with Crippen LogP contribution in [0.25, 0.3) is 5.69 Å². The molecular weight excluding hydrogens is 446 g/mol. The van der Waals surface area contributed by atoms with E-state index in [0.29, 0.717) is 19.0 Å². The summed E-state index contributed by atoms with van der Waals surface area (Å²) >= 11 is 1.60. The molecule has 0 amide bonds. The maximum atomic E-state index is 6.19. The van der Waals surface area contributed by atoms with Crippen molar-refractivity contribution in [2.24, 2.45) is 0 Å². The standard InChI is InChI=1S/C27H29N3O3S/c1-19-12-14-22(15-13-19)30-25(18-33-26-20(2)8-7-9-21(26)3)28-29-27(30)34-17-16-32-24-11-6-5-10-23(24)31-4/h5-15H,16-18H2,1-4H3. The monoisotopic (exact) mass is 475 g/mol. The van der Waals surface area contributed by atoms with Crippen LogP contribution in [0, 0.1) is 20.8 Å². The Balaban J connectivity index is 1.50. The Hall–Kier alpha value is -3.45. The molecule has 0 saturated carbocycles. The van der Waals surface area contributed by atoms with Gasteiger partial charge >= 0.3 is 0 Å². The lowest BCUT2D eigenvalue weighted by atomic mass is 10.1. The molecule has 1 aromatic heterocycles. The van der Waals surface area contributed by atoms with Gasteiger partial charge in [0.2, 0.25) is 0 Å². The first-order valence-electron chi connectivity index (χ1n) is 11.2. The van der Waals surface area contributed by atoms with E-state index < -0.39 is 0 Å². The lowest BCUT2D eigenvalue weighted by Crippen LogP contribution is -2.08. The van der Waals surface area contributed by atoms with E-state index in [1.165, 1.54) is 5.56 Å². The summed E-state index contributed by atoms with van der Waals surface area (Å²) in [6.07, 6.45) is 0. The number of hydrogen-bond donors (Lipinski definition) is 0. The van der Waals surface area contributed by atoms with Crippen LogP contribution in [0.15, 0.2) is 71.9 Å². The van der Waals surface area contributed by atoms with Crippen molar-refractivity contribution in [2.75, 3.05) is 19.5 Å². The number of ether oxygens (including phenoxy) is 3. The van der Waals surface area contributed by atoms with Crippen molar-refractivity contribution in [1.29, 1.82) is 0 Å². The molecule has 0 saturated heterocycles. The van der Waals surface area contributed by atoms with Crippen molar-refractivity contribution in [3.05, 3.63) is 89.2 Å². The largest absolute Gasteiger partial charge is 0.493 e. The fourth-order valence-electron chi connectivity index (χ4n) is 3.63. The summed E-state index contributed by atoms with van der Waals surface area (Å²) in [6.45, 7) is 7.02. The van der Waals surface area contributed by atoms with Crippen molar-refractivity contribution in [3.63, 3.8) is 0 Å². The van der Waals surface area contributed by atoms with Crippen molar-refractivity contribution >= 4 is 11.8 Å². The van der Waals surface area contributed by atoms with Crippen molar-refractivity contribution in [3.8, 4) is 22.9 Å². The molecule has 0 atom stereocenters. The molecule has 3 aromatic carbocycles. The summed E-state index contributed by atoms with van der Waals surface area (Å²) < 4.78 is 19.5. The normalized spacial score (nSPS) is 10.8. The molecule has 0 aliphatic heterocycles. The number of aromatic nitrogens is 3. The zero-order valence-corrected chi connectivity index (χ0v) is 20.8. The third-order valence-corrected chi connectivity index (χ3v) is 6.28. The van der Waals surface area contributed by atoms with E-state index in [-0.39, 0.29) is 0 Å². The number of hydrogen-bond acceptors (Lipinski definition) is 6. The van der Waals surface area contributed by atoms with Crippen molar-refractivity contribution in [1.82, 2.24) is 14.8 Å². The second-order valence-corrected chi connectivity index (χ2v) is 8.99. The molecule has 0 radical (unpaired) electrons. The Morgan fingerprint density at radius 2 is 1.50 bits per heavy atom. The van der Waals surface area contributed by atoms with E-state index in [2.05, 4.69) is 71.9 Å². The predicted molar refractivity (Wildman–Crippen MR) is 136 cm³/mol. The van der Waals surface area contributed by atoms with Crippen LogP contribution in [-0.4, -0.2) is 34.2 Å². The Labute approximate surface area is 204 Å². The number of methoxy groups -OCH3 is 1. The van der Waals surface area contributed by atoms with Gasteiger partial charge in [-0.3, -0.25) is 4.57 Å². The molecule has 0 bridgehead atoms. The van der Waals surface area contributed by atoms with Gasteiger partial charge in [0.25, 0.3) is 0 Å². The second kappa shape index (κ2) is 11.1. The lowest BCUT2D eigenvalue weighted by molar-refractivity contribution is 0.289. The van der Waals surface area contributed by atoms with Crippen molar-refractivity contribution < 1.29 is 14.2 Å². The average Bonchev–Trinajstić information content (AvgIpc) is 3.25. The molecule has 176 valence electrons. The second-order valence-electron chi connectivity index (χ2n) is 7.93. The minimum Gasteiger partial charge on any atom is -0.493 e. The number of para-hydroxylation sites is 3. The van der Waals surface area contributed by atoms with Gasteiger partial charge in [-0.25, -0.2) is 0 Å². The molecule has 0 spiro atoms. The third kappa shape index (κ3) is 5.54. The van der Waals surface area contributed by atoms with E-state index in [9.17, 15) is 0 Å². The van der Waals surface area contributed by atoms with Gasteiger partial charge < -0.3 is 14.2 Å². The highest BCUT2D eigenvalue weighted by atomic mass is 32.2. The summed E-state index contributed by atoms with van der Waals surface area (Å²) in [5.41, 5.74) is 4.41. The predicted octanol–water partition coefficient (Wildman–Crippen LogP) is 5.95. The highest BCUT2D eigenvalue weighted by molar-refractivity contribution is 7.99. The first-order chi connectivity index (χ1) is 16.6. The first kappa shape index (κ1) is 23.7. The Morgan fingerprint density at radius 3 is 2.21 bits per heavy atom. The van der Waals surface area contributed by atoms with E-state index >= 15 is 0 Å². The number of aryl methyl sites for hydroxylation is 3. The van der Waals surface area contributed by atoms with Crippen LogP contribution < -0.4 is 14.2 Å². The first-order valence-corrected chi connectivity index (χ1v) is 12.1. The van der Waals surface area contributed by atoms with Crippen molar-refractivity contribution in [2.45, 2.75) is 32.5 Å². The number of rotatable bonds is 10. The maximum absolute atomic E-state index is 6.19. The molecule has 7 heteroatoms. The maximum Gasteiger partial charge on any atom is 0.196 e. The topological polar surface area (TPSA) is 58.4 Å². The van der Waals surface area contributed by atoms with Crippen LogP contribution in [-0.2, 0) is 6.61 Å². The average molecular weight is 476 g/mol.